The lowest BCUT2D eigenvalue weighted by Gasteiger charge is -2.23. The monoisotopic (exact) mass is 497 g/mol. The van der Waals surface area contributed by atoms with Crippen LogP contribution in [-0.2, 0) is 22.6 Å². The molecule has 0 saturated carbocycles. The highest BCUT2D eigenvalue weighted by molar-refractivity contribution is 5.90. The largest absolute Gasteiger partial charge is 0.442 e. The number of ether oxygens (including phenoxy) is 1. The number of rotatable bonds is 5. The summed E-state index contributed by atoms with van der Waals surface area (Å²) in [6.07, 6.45) is 1.87. The number of pyridine rings is 1. The van der Waals surface area contributed by atoms with Crippen molar-refractivity contribution in [1.82, 2.24) is 24.2 Å². The third-order valence-corrected chi connectivity index (χ3v) is 6.24. The van der Waals surface area contributed by atoms with E-state index >= 15 is 4.39 Å². The summed E-state index contributed by atoms with van der Waals surface area (Å²) >= 11 is 0. The van der Waals surface area contributed by atoms with Gasteiger partial charge in [-0.2, -0.15) is 0 Å². The minimum atomic E-state index is -0.614. The molecule has 0 spiro atoms. The molecule has 12 nitrogen and oxygen atoms in total. The van der Waals surface area contributed by atoms with E-state index in [2.05, 4.69) is 10.3 Å². The maximum absolute atomic E-state index is 15.2. The molecule has 1 atom stereocenters. The summed E-state index contributed by atoms with van der Waals surface area (Å²) in [4.78, 5) is 56.2. The zero-order valence-corrected chi connectivity index (χ0v) is 19.5. The molecule has 0 aliphatic carbocycles. The van der Waals surface area contributed by atoms with Gasteiger partial charge in [0, 0.05) is 32.4 Å². The van der Waals surface area contributed by atoms with Gasteiger partial charge in [-0.3, -0.25) is 14.7 Å². The van der Waals surface area contributed by atoms with E-state index in [4.69, 9.17) is 4.74 Å². The van der Waals surface area contributed by atoms with Crippen molar-refractivity contribution in [3.8, 4) is 5.69 Å². The molecular formula is C23H24FN7O5. The molecule has 4 heterocycles. The van der Waals surface area contributed by atoms with Gasteiger partial charge >= 0.3 is 17.5 Å². The van der Waals surface area contributed by atoms with Gasteiger partial charge in [0.15, 0.2) is 0 Å². The van der Waals surface area contributed by atoms with Crippen molar-refractivity contribution in [3.63, 3.8) is 0 Å². The van der Waals surface area contributed by atoms with Crippen LogP contribution >= 0.6 is 0 Å². The number of hydrogen-bond acceptors (Lipinski definition) is 7. The molecule has 1 saturated heterocycles. The smallest absolute Gasteiger partial charge is 0.414 e. The highest BCUT2D eigenvalue weighted by Gasteiger charge is 2.33. The van der Waals surface area contributed by atoms with E-state index in [9.17, 15) is 19.2 Å². The van der Waals surface area contributed by atoms with Gasteiger partial charge in [0.25, 0.3) is 0 Å². The van der Waals surface area contributed by atoms with E-state index in [1.807, 2.05) is 0 Å². The molecule has 0 bridgehead atoms. The number of nitrogens with one attached hydrogen (secondary N) is 1. The zero-order valence-electron chi connectivity index (χ0n) is 19.5. The van der Waals surface area contributed by atoms with Crippen molar-refractivity contribution in [2.24, 2.45) is 0 Å². The van der Waals surface area contributed by atoms with E-state index in [1.54, 1.807) is 29.2 Å². The second-order valence-electron chi connectivity index (χ2n) is 8.53. The van der Waals surface area contributed by atoms with Gasteiger partial charge in [-0.15, -0.1) is 0 Å². The van der Waals surface area contributed by atoms with E-state index in [0.717, 1.165) is 4.57 Å². The second kappa shape index (κ2) is 9.32. The number of aromatic nitrogens is 4. The summed E-state index contributed by atoms with van der Waals surface area (Å²) in [5, 5.41) is 2.60. The fraction of sp³-hybridized carbons (Fsp3) is 0.348. The van der Waals surface area contributed by atoms with E-state index in [-0.39, 0.29) is 32.1 Å². The van der Waals surface area contributed by atoms with Crippen LogP contribution in [0.4, 0.5) is 20.6 Å². The number of nitrogens with zero attached hydrogens (tertiary/aromatic N) is 6. The first-order chi connectivity index (χ1) is 17.3. The number of carbonyl (C=O) groups excluding carboxylic acids is 2. The SMILES string of the molecule is CC(=O)NC[C@H]1CN(c2ccc(N3CCn4c(=O)n(-c5ccncc5)c(=O)n4CC3)c(F)c2)C(=O)O1. The number of cyclic esters (lactones) is 1. The molecule has 5 rings (SSSR count). The Balaban J connectivity index is 1.32. The highest BCUT2D eigenvalue weighted by atomic mass is 19.1. The molecule has 188 valence electrons. The van der Waals surface area contributed by atoms with Crippen LogP contribution in [0, 0.1) is 5.82 Å². The number of amides is 2. The lowest BCUT2D eigenvalue weighted by molar-refractivity contribution is -0.119. The fourth-order valence-electron chi connectivity index (χ4n) is 4.47. The van der Waals surface area contributed by atoms with Crippen molar-refractivity contribution in [2.75, 3.05) is 36.0 Å². The first kappa shape index (κ1) is 23.3. The number of carbonyl (C=O) groups is 2. The quantitative estimate of drug-likeness (QED) is 0.538. The van der Waals surface area contributed by atoms with E-state index < -0.39 is 29.4 Å². The van der Waals surface area contributed by atoms with Gasteiger partial charge in [0.2, 0.25) is 5.91 Å². The molecule has 36 heavy (non-hydrogen) atoms. The lowest BCUT2D eigenvalue weighted by atomic mass is 10.2. The first-order valence-corrected chi connectivity index (χ1v) is 11.4. The van der Waals surface area contributed by atoms with Crippen LogP contribution in [0.5, 0.6) is 0 Å². The summed E-state index contributed by atoms with van der Waals surface area (Å²) < 4.78 is 24.2. The number of benzene rings is 1. The Bertz CT molecular complexity index is 1390. The summed E-state index contributed by atoms with van der Waals surface area (Å²) in [6, 6.07) is 7.62. The average Bonchev–Trinajstić information content (AvgIpc) is 3.23. The normalized spacial score (nSPS) is 17.5. The van der Waals surface area contributed by atoms with E-state index in [0.29, 0.717) is 30.2 Å². The van der Waals surface area contributed by atoms with Crippen LogP contribution in [0.2, 0.25) is 0 Å². The molecule has 2 amide bonds. The minimum absolute atomic E-state index is 0.176. The molecule has 0 radical (unpaired) electrons. The van der Waals surface area contributed by atoms with Crippen molar-refractivity contribution in [1.29, 1.82) is 0 Å². The Labute approximate surface area is 204 Å². The predicted molar refractivity (Wildman–Crippen MR) is 127 cm³/mol. The Morgan fingerprint density at radius 3 is 2.31 bits per heavy atom. The average molecular weight is 497 g/mol. The van der Waals surface area contributed by atoms with Crippen LogP contribution in [0.1, 0.15) is 6.92 Å². The Morgan fingerprint density at radius 1 is 1.03 bits per heavy atom. The molecule has 1 aromatic carbocycles. The maximum Gasteiger partial charge on any atom is 0.414 e. The second-order valence-corrected chi connectivity index (χ2v) is 8.53. The van der Waals surface area contributed by atoms with Gasteiger partial charge in [-0.25, -0.2) is 32.7 Å². The Morgan fingerprint density at radius 2 is 1.69 bits per heavy atom. The van der Waals surface area contributed by atoms with Gasteiger partial charge in [-0.05, 0) is 30.3 Å². The summed E-state index contributed by atoms with van der Waals surface area (Å²) in [7, 11) is 0. The predicted octanol–water partition coefficient (Wildman–Crippen LogP) is 0.316. The zero-order chi connectivity index (χ0) is 25.4. The van der Waals surface area contributed by atoms with Crippen LogP contribution in [0.25, 0.3) is 5.69 Å². The summed E-state index contributed by atoms with van der Waals surface area (Å²) in [5.74, 6) is -0.777. The number of anilines is 2. The Kier molecular flexibility index (Phi) is 6.04. The molecule has 1 N–H and O–H groups in total. The third kappa shape index (κ3) is 4.23. The third-order valence-electron chi connectivity index (χ3n) is 6.24. The van der Waals surface area contributed by atoms with Gasteiger partial charge in [0.1, 0.15) is 11.9 Å². The Hall–Kier alpha value is -4.42. The van der Waals surface area contributed by atoms with Crippen LogP contribution in [0.3, 0.4) is 0 Å². The lowest BCUT2D eigenvalue weighted by Crippen LogP contribution is -2.33. The highest BCUT2D eigenvalue weighted by Crippen LogP contribution is 2.28. The first-order valence-electron chi connectivity index (χ1n) is 11.4. The molecule has 2 aromatic heterocycles. The van der Waals surface area contributed by atoms with Gasteiger partial charge < -0.3 is 15.0 Å². The molecule has 3 aromatic rings. The maximum atomic E-state index is 15.2. The summed E-state index contributed by atoms with van der Waals surface area (Å²) in [5.41, 5.74) is 0.139. The molecule has 13 heteroatoms. The number of fused-ring (bicyclic) bond motifs is 1. The van der Waals surface area contributed by atoms with Gasteiger partial charge in [-0.1, -0.05) is 0 Å². The van der Waals surface area contributed by atoms with Gasteiger partial charge in [0.05, 0.1) is 43.2 Å². The number of halogens is 1. The van der Waals surface area contributed by atoms with E-state index in [1.165, 1.54) is 39.6 Å². The standard InChI is InChI=1S/C23H24FN7O5/c1-15(32)26-13-18-14-28(23(35)36-18)17-2-3-20(19(24)12-17)27-8-10-29-21(33)31(16-4-6-25-7-5-16)22(34)30(29)11-9-27/h2-7,12,18H,8-11,13-14H2,1H3,(H,26,32)/t18-/m0/s1. The summed E-state index contributed by atoms with van der Waals surface area (Å²) in [6.45, 7) is 2.72. The minimum Gasteiger partial charge on any atom is -0.442 e. The van der Waals surface area contributed by atoms with Crippen LogP contribution < -0.4 is 26.5 Å². The fourth-order valence-corrected chi connectivity index (χ4v) is 4.47. The van der Waals surface area contributed by atoms with Crippen molar-refractivity contribution in [2.45, 2.75) is 26.1 Å². The molecule has 2 aliphatic heterocycles. The molecule has 2 aliphatic rings. The molecular weight excluding hydrogens is 473 g/mol. The molecule has 1 fully saturated rings. The van der Waals surface area contributed by atoms with Crippen molar-refractivity contribution < 1.29 is 18.7 Å². The van der Waals surface area contributed by atoms with Crippen LogP contribution in [-0.4, -0.2) is 63.2 Å². The topological polar surface area (TPSA) is 124 Å². The van der Waals surface area contributed by atoms with Crippen LogP contribution in [0.15, 0.2) is 52.3 Å². The van der Waals surface area contributed by atoms with Crippen molar-refractivity contribution >= 4 is 23.4 Å². The van der Waals surface area contributed by atoms with Crippen molar-refractivity contribution in [3.05, 3.63) is 69.5 Å². The number of hydrogen-bond donors (Lipinski definition) is 1. The molecule has 0 unspecified atom stereocenters.